The average Bonchev–Trinajstić information content (AvgIpc) is 3.24. The van der Waals surface area contributed by atoms with Gasteiger partial charge >= 0.3 is 0 Å². The number of hydrogen-bond donors (Lipinski definition) is 0. The number of piperidine rings is 1. The van der Waals surface area contributed by atoms with Gasteiger partial charge in [-0.1, -0.05) is 0 Å². The van der Waals surface area contributed by atoms with Crippen molar-refractivity contribution < 1.29 is 13.9 Å². The molecule has 0 bridgehead atoms. The largest absolute Gasteiger partial charge is 0.497 e. The van der Waals surface area contributed by atoms with Crippen molar-refractivity contribution >= 4 is 11.4 Å². The van der Waals surface area contributed by atoms with Crippen molar-refractivity contribution in [1.29, 1.82) is 0 Å². The highest BCUT2D eigenvalue weighted by Gasteiger charge is 2.28. The highest BCUT2D eigenvalue weighted by atomic mass is 19.1. The van der Waals surface area contributed by atoms with E-state index in [1.807, 2.05) is 0 Å². The molecule has 150 valence electrons. The van der Waals surface area contributed by atoms with E-state index in [0.29, 0.717) is 11.4 Å². The number of rotatable bonds is 5. The molecule has 4 nitrogen and oxygen atoms in total. The summed E-state index contributed by atoms with van der Waals surface area (Å²) < 4.78 is 25.8. The Hall–Kier alpha value is -2.43. The zero-order chi connectivity index (χ0) is 19.5. The van der Waals surface area contributed by atoms with E-state index in [1.54, 1.807) is 19.2 Å². The van der Waals surface area contributed by atoms with Crippen LogP contribution in [0.5, 0.6) is 11.5 Å². The lowest BCUT2D eigenvalue weighted by Crippen LogP contribution is -2.44. The first-order valence-electron chi connectivity index (χ1n) is 10.3. The molecular formula is C23H29FN2O2. The fourth-order valence-corrected chi connectivity index (χ4v) is 4.34. The molecule has 0 N–H and O–H groups in total. The van der Waals surface area contributed by atoms with Crippen molar-refractivity contribution in [3.05, 3.63) is 48.3 Å². The molecule has 0 aromatic heterocycles. The molecule has 2 aromatic rings. The Morgan fingerprint density at radius 1 is 0.964 bits per heavy atom. The van der Waals surface area contributed by atoms with Gasteiger partial charge in [-0.05, 0) is 56.2 Å². The molecule has 2 aliphatic heterocycles. The first-order chi connectivity index (χ1) is 13.6. The predicted octanol–water partition coefficient (Wildman–Crippen LogP) is 4.87. The van der Waals surface area contributed by atoms with Crippen LogP contribution in [0.4, 0.5) is 15.8 Å². The summed E-state index contributed by atoms with van der Waals surface area (Å²) in [5.74, 6) is 1.39. The third-order valence-corrected chi connectivity index (χ3v) is 5.90. The SMILES string of the molecule is COc1ccc(F)c(N2CCC(Oc3ccc(N4CCCC4)cc3)CC2C)c1. The second-order valence-electron chi connectivity index (χ2n) is 7.81. The third kappa shape index (κ3) is 4.03. The molecule has 2 saturated heterocycles. The van der Waals surface area contributed by atoms with E-state index in [4.69, 9.17) is 9.47 Å². The summed E-state index contributed by atoms with van der Waals surface area (Å²) in [6, 6.07) is 13.6. The Labute approximate surface area is 166 Å². The van der Waals surface area contributed by atoms with Crippen LogP contribution in [0.1, 0.15) is 32.6 Å². The minimum Gasteiger partial charge on any atom is -0.497 e. The first-order valence-corrected chi connectivity index (χ1v) is 10.3. The summed E-state index contributed by atoms with van der Waals surface area (Å²) in [6.45, 7) is 5.20. The Kier molecular flexibility index (Phi) is 5.60. The van der Waals surface area contributed by atoms with Gasteiger partial charge in [-0.25, -0.2) is 4.39 Å². The number of methoxy groups -OCH3 is 1. The van der Waals surface area contributed by atoms with E-state index in [9.17, 15) is 4.39 Å². The van der Waals surface area contributed by atoms with E-state index in [1.165, 1.54) is 24.6 Å². The van der Waals surface area contributed by atoms with Crippen LogP contribution in [0.25, 0.3) is 0 Å². The van der Waals surface area contributed by atoms with Crippen LogP contribution >= 0.6 is 0 Å². The summed E-state index contributed by atoms with van der Waals surface area (Å²) in [4.78, 5) is 4.54. The minimum atomic E-state index is -0.204. The third-order valence-electron chi connectivity index (χ3n) is 5.90. The summed E-state index contributed by atoms with van der Waals surface area (Å²) in [6.07, 6.45) is 4.45. The minimum absolute atomic E-state index is 0.151. The maximum absolute atomic E-state index is 14.3. The smallest absolute Gasteiger partial charge is 0.146 e. The van der Waals surface area contributed by atoms with Crippen molar-refractivity contribution in [2.45, 2.75) is 44.8 Å². The maximum Gasteiger partial charge on any atom is 0.146 e. The van der Waals surface area contributed by atoms with Crippen molar-refractivity contribution in [3.8, 4) is 11.5 Å². The van der Waals surface area contributed by atoms with Crippen LogP contribution in [0.2, 0.25) is 0 Å². The molecule has 0 saturated carbocycles. The second kappa shape index (κ2) is 8.29. The monoisotopic (exact) mass is 384 g/mol. The van der Waals surface area contributed by atoms with Crippen LogP contribution in [0.15, 0.2) is 42.5 Å². The van der Waals surface area contributed by atoms with Gasteiger partial charge in [0.1, 0.15) is 23.4 Å². The number of halogens is 1. The van der Waals surface area contributed by atoms with E-state index < -0.39 is 0 Å². The van der Waals surface area contributed by atoms with E-state index in [2.05, 4.69) is 41.0 Å². The fourth-order valence-electron chi connectivity index (χ4n) is 4.34. The Bertz CT molecular complexity index is 790. The normalized spacial score (nSPS) is 22.4. The van der Waals surface area contributed by atoms with Crippen molar-refractivity contribution in [2.75, 3.05) is 36.5 Å². The molecule has 2 atom stereocenters. The van der Waals surface area contributed by atoms with Gasteiger partial charge in [0.2, 0.25) is 0 Å². The molecule has 2 aliphatic rings. The van der Waals surface area contributed by atoms with Crippen molar-refractivity contribution in [3.63, 3.8) is 0 Å². The van der Waals surface area contributed by atoms with Gasteiger partial charge in [-0.3, -0.25) is 0 Å². The molecule has 2 aromatic carbocycles. The molecule has 0 amide bonds. The Morgan fingerprint density at radius 2 is 1.68 bits per heavy atom. The highest BCUT2D eigenvalue weighted by molar-refractivity contribution is 5.53. The van der Waals surface area contributed by atoms with E-state index in [-0.39, 0.29) is 18.0 Å². The molecule has 0 radical (unpaired) electrons. The van der Waals surface area contributed by atoms with Gasteiger partial charge < -0.3 is 19.3 Å². The lowest BCUT2D eigenvalue weighted by atomic mass is 9.99. The highest BCUT2D eigenvalue weighted by Crippen LogP contribution is 2.32. The van der Waals surface area contributed by atoms with Crippen molar-refractivity contribution in [2.24, 2.45) is 0 Å². The predicted molar refractivity (Wildman–Crippen MR) is 111 cm³/mol. The molecule has 2 fully saturated rings. The van der Waals surface area contributed by atoms with Gasteiger partial charge in [-0.15, -0.1) is 0 Å². The van der Waals surface area contributed by atoms with Gasteiger partial charge in [-0.2, -0.15) is 0 Å². The molecule has 28 heavy (non-hydrogen) atoms. The molecular weight excluding hydrogens is 355 g/mol. The number of ether oxygens (including phenoxy) is 2. The summed E-state index contributed by atoms with van der Waals surface area (Å²) >= 11 is 0. The lowest BCUT2D eigenvalue weighted by molar-refractivity contribution is 0.155. The van der Waals surface area contributed by atoms with E-state index in [0.717, 1.165) is 38.2 Å². The lowest BCUT2D eigenvalue weighted by Gasteiger charge is -2.39. The number of hydrogen-bond acceptors (Lipinski definition) is 4. The number of benzene rings is 2. The standard InChI is InChI=1S/C23H29FN2O2/c1-17-15-21(11-14-26(17)23-16-20(27-2)9-10-22(23)24)28-19-7-5-18(6-8-19)25-12-3-4-13-25/h5-10,16-17,21H,3-4,11-15H2,1-2H3. The van der Waals surface area contributed by atoms with Crippen LogP contribution < -0.4 is 19.3 Å². The number of nitrogens with zero attached hydrogens (tertiary/aromatic N) is 2. The zero-order valence-electron chi connectivity index (χ0n) is 16.7. The average molecular weight is 384 g/mol. The Balaban J connectivity index is 1.37. The molecule has 0 aliphatic carbocycles. The van der Waals surface area contributed by atoms with E-state index >= 15 is 0 Å². The first kappa shape index (κ1) is 18.9. The topological polar surface area (TPSA) is 24.9 Å². The summed E-state index contributed by atoms with van der Waals surface area (Å²) in [7, 11) is 1.61. The van der Waals surface area contributed by atoms with Gasteiger partial charge in [0, 0.05) is 50.3 Å². The molecule has 4 rings (SSSR count). The van der Waals surface area contributed by atoms with Gasteiger partial charge in [0.15, 0.2) is 0 Å². The second-order valence-corrected chi connectivity index (χ2v) is 7.81. The van der Waals surface area contributed by atoms with Crippen LogP contribution in [-0.4, -0.2) is 38.9 Å². The maximum atomic E-state index is 14.3. The quantitative estimate of drug-likeness (QED) is 0.734. The molecule has 2 unspecified atom stereocenters. The van der Waals surface area contributed by atoms with Crippen molar-refractivity contribution in [1.82, 2.24) is 0 Å². The summed E-state index contributed by atoms with van der Waals surface area (Å²) in [5.41, 5.74) is 1.89. The molecule has 2 heterocycles. The fraction of sp³-hybridized carbons (Fsp3) is 0.478. The van der Waals surface area contributed by atoms with Crippen LogP contribution in [-0.2, 0) is 0 Å². The van der Waals surface area contributed by atoms with Crippen LogP contribution in [0.3, 0.4) is 0 Å². The molecule has 0 spiro atoms. The number of anilines is 2. The Morgan fingerprint density at radius 3 is 2.36 bits per heavy atom. The van der Waals surface area contributed by atoms with Crippen LogP contribution in [0, 0.1) is 5.82 Å². The summed E-state index contributed by atoms with van der Waals surface area (Å²) in [5, 5.41) is 0. The molecule has 5 heteroatoms. The zero-order valence-corrected chi connectivity index (χ0v) is 16.7. The van der Waals surface area contributed by atoms with Gasteiger partial charge in [0.25, 0.3) is 0 Å². The van der Waals surface area contributed by atoms with Gasteiger partial charge in [0.05, 0.1) is 12.8 Å².